The van der Waals surface area contributed by atoms with Crippen molar-refractivity contribution in [3.8, 4) is 5.75 Å². The van der Waals surface area contributed by atoms with E-state index in [4.69, 9.17) is 9.47 Å². The highest BCUT2D eigenvalue weighted by Crippen LogP contribution is 2.26. The molecule has 15 heavy (non-hydrogen) atoms. The number of non-ortho nitro benzene ring substituents is 1. The summed E-state index contributed by atoms with van der Waals surface area (Å²) in [7, 11) is 0. The number of ether oxygens (including phenoxy) is 2. The highest BCUT2D eigenvalue weighted by molar-refractivity contribution is 9.10. The quantitative estimate of drug-likeness (QED) is 0.479. The second-order valence-electron chi connectivity index (χ2n) is 3.17. The van der Waals surface area contributed by atoms with Gasteiger partial charge in [0.15, 0.2) is 0 Å². The maximum absolute atomic E-state index is 10.6. The minimum atomic E-state index is -0.453. The van der Waals surface area contributed by atoms with E-state index in [-0.39, 0.29) is 11.8 Å². The lowest BCUT2D eigenvalue weighted by Gasteiger charge is -2.04. The number of hydrogen-bond acceptors (Lipinski definition) is 4. The molecule has 1 atom stereocenters. The number of rotatable bonds is 4. The fraction of sp³-hybridized carbons (Fsp3) is 0.333. The standard InChI is InChI=1S/C9H8BrNO4/c10-6-1-7(11(12)13)3-8(2-6)14-4-9-5-15-9/h1-3,9H,4-5H2. The van der Waals surface area contributed by atoms with Gasteiger partial charge in [0.05, 0.1) is 17.6 Å². The summed E-state index contributed by atoms with van der Waals surface area (Å²) in [5.74, 6) is 0.478. The summed E-state index contributed by atoms with van der Waals surface area (Å²) in [4.78, 5) is 10.1. The van der Waals surface area contributed by atoms with Crippen molar-refractivity contribution in [2.75, 3.05) is 13.2 Å². The summed E-state index contributed by atoms with van der Waals surface area (Å²) in [6.45, 7) is 1.14. The molecule has 80 valence electrons. The molecule has 0 bridgehead atoms. The second kappa shape index (κ2) is 4.16. The van der Waals surface area contributed by atoms with Crippen LogP contribution in [0.5, 0.6) is 5.75 Å². The molecule has 0 N–H and O–H groups in total. The zero-order valence-corrected chi connectivity index (χ0v) is 9.27. The normalized spacial score (nSPS) is 18.6. The van der Waals surface area contributed by atoms with E-state index in [1.54, 1.807) is 6.07 Å². The smallest absolute Gasteiger partial charge is 0.274 e. The zero-order chi connectivity index (χ0) is 10.8. The first-order valence-corrected chi connectivity index (χ1v) is 5.14. The Morgan fingerprint density at radius 1 is 1.60 bits per heavy atom. The molecule has 1 aromatic carbocycles. The van der Waals surface area contributed by atoms with Crippen LogP contribution in [0.3, 0.4) is 0 Å². The molecule has 6 heteroatoms. The van der Waals surface area contributed by atoms with Crippen molar-refractivity contribution in [3.63, 3.8) is 0 Å². The number of benzene rings is 1. The van der Waals surface area contributed by atoms with Crippen molar-refractivity contribution in [3.05, 3.63) is 32.8 Å². The van der Waals surface area contributed by atoms with Gasteiger partial charge in [-0.15, -0.1) is 0 Å². The molecule has 1 fully saturated rings. The molecule has 2 rings (SSSR count). The van der Waals surface area contributed by atoms with Gasteiger partial charge in [0.1, 0.15) is 18.5 Å². The molecule has 5 nitrogen and oxygen atoms in total. The van der Waals surface area contributed by atoms with Gasteiger partial charge in [0.2, 0.25) is 0 Å². The van der Waals surface area contributed by atoms with E-state index in [1.807, 2.05) is 0 Å². The monoisotopic (exact) mass is 273 g/mol. The van der Waals surface area contributed by atoms with Crippen LogP contribution in [0.15, 0.2) is 22.7 Å². The lowest BCUT2D eigenvalue weighted by Crippen LogP contribution is -2.04. The number of nitro benzene ring substituents is 1. The average Bonchev–Trinajstić information content (AvgIpc) is 2.97. The Kier molecular flexibility index (Phi) is 2.88. The van der Waals surface area contributed by atoms with E-state index >= 15 is 0 Å². The van der Waals surface area contributed by atoms with Gasteiger partial charge in [-0.1, -0.05) is 15.9 Å². The van der Waals surface area contributed by atoms with Crippen LogP contribution in [0.25, 0.3) is 0 Å². The van der Waals surface area contributed by atoms with Crippen LogP contribution in [0, 0.1) is 10.1 Å². The van der Waals surface area contributed by atoms with E-state index in [0.29, 0.717) is 23.4 Å². The Bertz CT molecular complexity index is 392. The molecule has 0 aliphatic carbocycles. The molecule has 0 aromatic heterocycles. The van der Waals surface area contributed by atoms with E-state index < -0.39 is 4.92 Å². The Morgan fingerprint density at radius 2 is 2.33 bits per heavy atom. The lowest BCUT2D eigenvalue weighted by atomic mass is 10.3. The van der Waals surface area contributed by atoms with E-state index in [1.165, 1.54) is 12.1 Å². The predicted molar refractivity (Wildman–Crippen MR) is 56.0 cm³/mol. The minimum absolute atomic E-state index is 0.0103. The molecule has 1 aliphatic rings. The SMILES string of the molecule is O=[N+]([O-])c1cc(Br)cc(OCC2CO2)c1. The van der Waals surface area contributed by atoms with Crippen molar-refractivity contribution in [2.45, 2.75) is 6.10 Å². The van der Waals surface area contributed by atoms with Crippen molar-refractivity contribution in [1.82, 2.24) is 0 Å². The summed E-state index contributed by atoms with van der Waals surface area (Å²) in [6, 6.07) is 4.52. The Balaban J connectivity index is 2.10. The van der Waals surface area contributed by atoms with Crippen LogP contribution in [-0.2, 0) is 4.74 Å². The summed E-state index contributed by atoms with van der Waals surface area (Å²) in [6.07, 6.45) is 0.142. The molecular formula is C9H8BrNO4. The number of epoxide rings is 1. The fourth-order valence-corrected chi connectivity index (χ4v) is 1.55. The van der Waals surface area contributed by atoms with Crippen LogP contribution >= 0.6 is 15.9 Å². The molecule has 1 saturated heterocycles. The largest absolute Gasteiger partial charge is 0.490 e. The van der Waals surface area contributed by atoms with E-state index in [9.17, 15) is 10.1 Å². The summed E-state index contributed by atoms with van der Waals surface area (Å²) in [5, 5.41) is 10.6. The van der Waals surface area contributed by atoms with E-state index in [2.05, 4.69) is 15.9 Å². The van der Waals surface area contributed by atoms with Crippen molar-refractivity contribution in [1.29, 1.82) is 0 Å². The number of hydrogen-bond donors (Lipinski definition) is 0. The van der Waals surface area contributed by atoms with Crippen LogP contribution in [0.1, 0.15) is 0 Å². The van der Waals surface area contributed by atoms with Crippen LogP contribution in [0.2, 0.25) is 0 Å². The van der Waals surface area contributed by atoms with Gasteiger partial charge in [-0.3, -0.25) is 10.1 Å². The van der Waals surface area contributed by atoms with Gasteiger partial charge in [-0.2, -0.15) is 0 Å². The fourth-order valence-electron chi connectivity index (χ4n) is 1.09. The Hall–Kier alpha value is -1.14. The summed E-state index contributed by atoms with van der Waals surface area (Å²) in [5.41, 5.74) is 0.0103. The third kappa shape index (κ3) is 2.90. The summed E-state index contributed by atoms with van der Waals surface area (Å²) >= 11 is 3.19. The predicted octanol–water partition coefficient (Wildman–Crippen LogP) is 2.13. The molecule has 0 saturated carbocycles. The average molecular weight is 274 g/mol. The molecule has 1 unspecified atom stereocenters. The third-order valence-electron chi connectivity index (χ3n) is 1.91. The number of nitro groups is 1. The molecule has 0 radical (unpaired) electrons. The van der Waals surface area contributed by atoms with Crippen LogP contribution < -0.4 is 4.74 Å². The van der Waals surface area contributed by atoms with Gasteiger partial charge >= 0.3 is 0 Å². The minimum Gasteiger partial charge on any atom is -0.490 e. The number of nitrogens with zero attached hydrogens (tertiary/aromatic N) is 1. The topological polar surface area (TPSA) is 64.9 Å². The van der Waals surface area contributed by atoms with Gasteiger partial charge in [0.25, 0.3) is 5.69 Å². The highest BCUT2D eigenvalue weighted by Gasteiger charge is 2.23. The molecular weight excluding hydrogens is 266 g/mol. The Morgan fingerprint density at radius 3 is 2.93 bits per heavy atom. The van der Waals surface area contributed by atoms with Gasteiger partial charge in [-0.05, 0) is 6.07 Å². The van der Waals surface area contributed by atoms with E-state index in [0.717, 1.165) is 0 Å². The maximum Gasteiger partial charge on any atom is 0.274 e. The maximum atomic E-state index is 10.6. The first-order chi connectivity index (χ1) is 7.15. The molecule has 1 aliphatic heterocycles. The second-order valence-corrected chi connectivity index (χ2v) is 4.08. The zero-order valence-electron chi connectivity index (χ0n) is 7.68. The van der Waals surface area contributed by atoms with Crippen molar-refractivity contribution >= 4 is 21.6 Å². The van der Waals surface area contributed by atoms with Crippen molar-refractivity contribution < 1.29 is 14.4 Å². The summed E-state index contributed by atoms with van der Waals surface area (Å²) < 4.78 is 10.9. The molecule has 1 aromatic rings. The first kappa shape index (κ1) is 10.4. The van der Waals surface area contributed by atoms with Gasteiger partial charge in [-0.25, -0.2) is 0 Å². The molecule has 1 heterocycles. The molecule has 0 amide bonds. The van der Waals surface area contributed by atoms with Crippen molar-refractivity contribution in [2.24, 2.45) is 0 Å². The lowest BCUT2D eigenvalue weighted by molar-refractivity contribution is -0.385. The van der Waals surface area contributed by atoms with Gasteiger partial charge < -0.3 is 9.47 Å². The number of halogens is 1. The van der Waals surface area contributed by atoms with Crippen LogP contribution in [0.4, 0.5) is 5.69 Å². The first-order valence-electron chi connectivity index (χ1n) is 4.34. The molecule has 0 spiro atoms. The third-order valence-corrected chi connectivity index (χ3v) is 2.36. The van der Waals surface area contributed by atoms with Crippen LogP contribution in [-0.4, -0.2) is 24.2 Å². The highest BCUT2D eigenvalue weighted by atomic mass is 79.9. The Labute approximate surface area is 94.3 Å². The van der Waals surface area contributed by atoms with Gasteiger partial charge in [0, 0.05) is 10.5 Å².